The van der Waals surface area contributed by atoms with Crippen LogP contribution in [-0.4, -0.2) is 39.0 Å². The normalized spacial score (nSPS) is 11.9. The maximum Gasteiger partial charge on any atom is 0.238 e. The summed E-state index contributed by atoms with van der Waals surface area (Å²) in [4.78, 5) is 29.1. The van der Waals surface area contributed by atoms with Gasteiger partial charge in [0, 0.05) is 83.5 Å². The molecule has 0 amide bonds. The van der Waals surface area contributed by atoms with Gasteiger partial charge in [-0.3, -0.25) is 14.5 Å². The molecule has 0 unspecified atom stereocenters. The van der Waals surface area contributed by atoms with Crippen molar-refractivity contribution < 1.29 is 0 Å². The smallest absolute Gasteiger partial charge is 0.238 e. The summed E-state index contributed by atoms with van der Waals surface area (Å²) in [5, 5.41) is 5.79. The highest BCUT2D eigenvalue weighted by Gasteiger charge is 2.22. The number of thiophene rings is 1. The van der Waals surface area contributed by atoms with Gasteiger partial charge in [-0.15, -0.1) is 11.3 Å². The number of pyridine rings is 3. The third-order valence-electron chi connectivity index (χ3n) is 10.8. The number of fused-ring (bicyclic) bond motifs is 10. The average molecular weight is 749 g/mol. The molecule has 0 spiro atoms. The minimum absolute atomic E-state index is 0.516. The molecule has 5 aromatic carbocycles. The second-order valence-electron chi connectivity index (χ2n) is 14.0. The number of nitrogens with zero attached hydrogens (tertiary/aromatic N) is 8. The molecule has 7 heterocycles. The van der Waals surface area contributed by atoms with Crippen molar-refractivity contribution in [1.82, 2.24) is 39.0 Å². The Bertz CT molecular complexity index is 3460. The topological polar surface area (TPSA) is 87.2 Å². The fourth-order valence-electron chi connectivity index (χ4n) is 8.24. The van der Waals surface area contributed by atoms with E-state index >= 15 is 0 Å². The van der Waals surface area contributed by atoms with Crippen LogP contribution in [0.3, 0.4) is 0 Å². The van der Waals surface area contributed by atoms with Crippen LogP contribution in [0.1, 0.15) is 0 Å². The van der Waals surface area contributed by atoms with Gasteiger partial charge >= 0.3 is 0 Å². The van der Waals surface area contributed by atoms with Gasteiger partial charge in [-0.25, -0.2) is 9.97 Å². The number of para-hydroxylation sites is 1. The van der Waals surface area contributed by atoms with Gasteiger partial charge in [-0.1, -0.05) is 66.7 Å². The van der Waals surface area contributed by atoms with E-state index in [0.29, 0.717) is 17.6 Å². The van der Waals surface area contributed by atoms with Gasteiger partial charge < -0.3 is 4.57 Å². The van der Waals surface area contributed by atoms with Crippen molar-refractivity contribution in [2.75, 3.05) is 0 Å². The van der Waals surface area contributed by atoms with Gasteiger partial charge in [-0.05, 0) is 78.9 Å². The molecule has 0 fully saturated rings. The number of benzene rings is 5. The Labute approximate surface area is 329 Å². The van der Waals surface area contributed by atoms with Gasteiger partial charge in [0.05, 0.1) is 33.3 Å². The molecule has 8 nitrogen and oxygen atoms in total. The molecular formula is C48H28N8S. The number of hydrogen-bond acceptors (Lipinski definition) is 7. The predicted molar refractivity (Wildman–Crippen MR) is 231 cm³/mol. The lowest BCUT2D eigenvalue weighted by atomic mass is 10.1. The highest BCUT2D eigenvalue weighted by Crippen LogP contribution is 2.44. The summed E-state index contributed by atoms with van der Waals surface area (Å²) in [7, 11) is 0. The molecule has 57 heavy (non-hydrogen) atoms. The lowest BCUT2D eigenvalue weighted by Crippen LogP contribution is -2.06. The van der Waals surface area contributed by atoms with E-state index in [2.05, 4.69) is 134 Å². The number of aromatic nitrogens is 8. The SMILES string of the molecule is c1ccc(-c2ccc3c(n2)c2ccc4sc5ccccc5c4c2n3-c2ccc3c(c2)c2ccccc2n3-c2nc(-c3cccnc3)nc(-c3cccnc3)n2)cc1. The molecule has 0 bridgehead atoms. The summed E-state index contributed by atoms with van der Waals surface area (Å²) in [6, 6.07) is 50.9. The Morgan fingerprint density at radius 2 is 1.12 bits per heavy atom. The molecule has 0 aliphatic rings. The average Bonchev–Trinajstić information content (AvgIpc) is 3.94. The van der Waals surface area contributed by atoms with Crippen molar-refractivity contribution in [3.05, 3.63) is 170 Å². The van der Waals surface area contributed by atoms with E-state index < -0.39 is 0 Å². The van der Waals surface area contributed by atoms with Crippen LogP contribution in [0.5, 0.6) is 0 Å². The van der Waals surface area contributed by atoms with Crippen molar-refractivity contribution in [1.29, 1.82) is 0 Å². The maximum atomic E-state index is 5.36. The molecule has 7 aromatic heterocycles. The molecule has 12 rings (SSSR count). The minimum Gasteiger partial charge on any atom is -0.307 e. The quantitative estimate of drug-likeness (QED) is 0.174. The summed E-state index contributed by atoms with van der Waals surface area (Å²) < 4.78 is 7.06. The second kappa shape index (κ2) is 12.5. The maximum absolute atomic E-state index is 5.36. The Kier molecular flexibility index (Phi) is 6.93. The zero-order valence-electron chi connectivity index (χ0n) is 30.2. The molecule has 0 aliphatic carbocycles. The minimum atomic E-state index is 0.516. The summed E-state index contributed by atoms with van der Waals surface area (Å²) >= 11 is 1.83. The van der Waals surface area contributed by atoms with Gasteiger partial charge in [0.15, 0.2) is 11.6 Å². The summed E-state index contributed by atoms with van der Waals surface area (Å²) in [6.07, 6.45) is 7.06. The van der Waals surface area contributed by atoms with Crippen molar-refractivity contribution in [3.8, 4) is 45.7 Å². The fraction of sp³-hybridized carbons (Fsp3) is 0. The van der Waals surface area contributed by atoms with Crippen molar-refractivity contribution >= 4 is 75.3 Å². The number of rotatable bonds is 5. The van der Waals surface area contributed by atoms with Crippen LogP contribution in [0, 0.1) is 0 Å². The molecule has 0 radical (unpaired) electrons. The Morgan fingerprint density at radius 3 is 1.89 bits per heavy atom. The van der Waals surface area contributed by atoms with Crippen LogP contribution in [-0.2, 0) is 0 Å². The molecule has 266 valence electrons. The Balaban J connectivity index is 1.14. The third kappa shape index (κ3) is 4.92. The molecule has 0 N–H and O–H groups in total. The first-order chi connectivity index (χ1) is 28.3. The first-order valence-corrected chi connectivity index (χ1v) is 19.5. The molecule has 0 atom stereocenters. The molecule has 12 aromatic rings. The first-order valence-electron chi connectivity index (χ1n) is 18.7. The first kappa shape index (κ1) is 31.7. The largest absolute Gasteiger partial charge is 0.307 e. The highest BCUT2D eigenvalue weighted by atomic mass is 32.1. The summed E-state index contributed by atoms with van der Waals surface area (Å²) in [5.74, 6) is 1.59. The summed E-state index contributed by atoms with van der Waals surface area (Å²) in [6.45, 7) is 0. The van der Waals surface area contributed by atoms with E-state index in [1.54, 1.807) is 24.8 Å². The van der Waals surface area contributed by atoms with Gasteiger partial charge in [0.1, 0.15) is 0 Å². The second-order valence-corrected chi connectivity index (χ2v) is 15.1. The molecular weight excluding hydrogens is 721 g/mol. The van der Waals surface area contributed by atoms with Crippen molar-refractivity contribution in [3.63, 3.8) is 0 Å². The number of hydrogen-bond donors (Lipinski definition) is 0. The lowest BCUT2D eigenvalue weighted by molar-refractivity contribution is 0.951. The molecule has 9 heteroatoms. The Morgan fingerprint density at radius 1 is 0.439 bits per heavy atom. The zero-order chi connectivity index (χ0) is 37.5. The van der Waals surface area contributed by atoms with Crippen molar-refractivity contribution in [2.24, 2.45) is 0 Å². The van der Waals surface area contributed by atoms with E-state index in [1.165, 1.54) is 20.2 Å². The Hall–Kier alpha value is -7.62. The van der Waals surface area contributed by atoms with Crippen LogP contribution in [0.2, 0.25) is 0 Å². The highest BCUT2D eigenvalue weighted by molar-refractivity contribution is 7.26. The molecule has 0 aliphatic heterocycles. The van der Waals surface area contributed by atoms with E-state index in [-0.39, 0.29) is 0 Å². The van der Waals surface area contributed by atoms with Crippen molar-refractivity contribution in [2.45, 2.75) is 0 Å². The zero-order valence-corrected chi connectivity index (χ0v) is 31.0. The molecule has 0 saturated heterocycles. The van der Waals surface area contributed by atoms with Crippen LogP contribution < -0.4 is 0 Å². The van der Waals surface area contributed by atoms with E-state index in [0.717, 1.165) is 71.8 Å². The third-order valence-corrected chi connectivity index (χ3v) is 11.9. The van der Waals surface area contributed by atoms with Crippen LogP contribution in [0.25, 0.3) is 110 Å². The summed E-state index contributed by atoms with van der Waals surface area (Å²) in [5.41, 5.74) is 9.85. The van der Waals surface area contributed by atoms with E-state index in [1.807, 2.05) is 41.7 Å². The van der Waals surface area contributed by atoms with E-state index in [4.69, 9.17) is 19.9 Å². The predicted octanol–water partition coefficient (Wildman–Crippen LogP) is 11.6. The van der Waals surface area contributed by atoms with Crippen LogP contribution in [0.15, 0.2) is 170 Å². The monoisotopic (exact) mass is 748 g/mol. The van der Waals surface area contributed by atoms with Crippen LogP contribution >= 0.6 is 11.3 Å². The van der Waals surface area contributed by atoms with E-state index in [9.17, 15) is 0 Å². The van der Waals surface area contributed by atoms with Gasteiger partial charge in [0.2, 0.25) is 5.95 Å². The molecule has 0 saturated carbocycles. The van der Waals surface area contributed by atoms with Gasteiger partial charge in [0.25, 0.3) is 0 Å². The van der Waals surface area contributed by atoms with Gasteiger partial charge in [-0.2, -0.15) is 9.97 Å². The standard InChI is InChI=1S/C48H28N8S/c1-2-10-29(11-3-1)37-20-22-40-44(51-37)35-19-23-42-43(34-15-5-7-17-41(34)57-42)45(35)55(40)32-18-21-39-36(26-32)33-14-4-6-16-38(33)56(39)48-53-46(30-12-8-24-49-27-30)52-47(54-48)31-13-9-25-50-28-31/h1-28H. The van der Waals surface area contributed by atoms with Crippen LogP contribution in [0.4, 0.5) is 0 Å². The fourth-order valence-corrected chi connectivity index (χ4v) is 9.35. The lowest BCUT2D eigenvalue weighted by Gasteiger charge is -2.12.